The van der Waals surface area contributed by atoms with E-state index in [9.17, 15) is 14.0 Å². The summed E-state index contributed by atoms with van der Waals surface area (Å²) in [6.07, 6.45) is 0. The molecule has 0 unspecified atom stereocenters. The highest BCUT2D eigenvalue weighted by Crippen LogP contribution is 2.19. The van der Waals surface area contributed by atoms with Crippen molar-refractivity contribution in [2.75, 3.05) is 19.6 Å². The Bertz CT molecular complexity index is 479. The fourth-order valence-electron chi connectivity index (χ4n) is 1.65. The summed E-state index contributed by atoms with van der Waals surface area (Å²) < 4.78 is 13.6. The number of nitrogens with one attached hydrogen (secondary N) is 1. The zero-order chi connectivity index (χ0) is 12.4. The van der Waals surface area contributed by atoms with Crippen molar-refractivity contribution in [2.24, 2.45) is 0 Å². The lowest BCUT2D eigenvalue weighted by Gasteiger charge is -2.26. The van der Waals surface area contributed by atoms with Crippen LogP contribution in [0.25, 0.3) is 0 Å². The Hall–Kier alpha value is -1.62. The van der Waals surface area contributed by atoms with Gasteiger partial charge in [0, 0.05) is 13.1 Å². The Labute approximate surface area is 102 Å². The van der Waals surface area contributed by atoms with E-state index in [2.05, 4.69) is 5.32 Å². The number of piperazine rings is 1. The van der Waals surface area contributed by atoms with Gasteiger partial charge in [-0.05, 0) is 12.1 Å². The molecule has 0 aliphatic carbocycles. The van der Waals surface area contributed by atoms with E-state index in [-0.39, 0.29) is 23.0 Å². The Morgan fingerprint density at radius 1 is 1.47 bits per heavy atom. The lowest BCUT2D eigenvalue weighted by Crippen LogP contribution is -2.50. The molecule has 1 aliphatic heterocycles. The van der Waals surface area contributed by atoms with E-state index in [1.54, 1.807) is 0 Å². The van der Waals surface area contributed by atoms with E-state index >= 15 is 0 Å². The van der Waals surface area contributed by atoms with Gasteiger partial charge in [-0.3, -0.25) is 9.59 Å². The van der Waals surface area contributed by atoms with Crippen LogP contribution in [0.3, 0.4) is 0 Å². The molecule has 1 aliphatic rings. The first-order valence-corrected chi connectivity index (χ1v) is 5.47. The van der Waals surface area contributed by atoms with Crippen LogP contribution in [0, 0.1) is 5.82 Å². The van der Waals surface area contributed by atoms with E-state index < -0.39 is 11.7 Å². The lowest BCUT2D eigenvalue weighted by atomic mass is 10.1. The summed E-state index contributed by atoms with van der Waals surface area (Å²) in [6, 6.07) is 4.23. The number of carbonyl (C=O) groups excluding carboxylic acids is 2. The van der Waals surface area contributed by atoms with Crippen molar-refractivity contribution in [2.45, 2.75) is 0 Å². The van der Waals surface area contributed by atoms with Crippen LogP contribution in [-0.4, -0.2) is 36.3 Å². The molecule has 1 fully saturated rings. The fraction of sp³-hybridized carbons (Fsp3) is 0.273. The minimum Gasteiger partial charge on any atom is -0.353 e. The number of carbonyl (C=O) groups is 2. The number of hydrogen-bond donors (Lipinski definition) is 1. The first-order chi connectivity index (χ1) is 8.09. The molecule has 17 heavy (non-hydrogen) atoms. The molecule has 0 aromatic heterocycles. The average Bonchev–Trinajstić information content (AvgIpc) is 2.32. The predicted octanol–water partition coefficient (Wildman–Crippen LogP) is 1.05. The van der Waals surface area contributed by atoms with E-state index in [1.807, 2.05) is 0 Å². The number of rotatable bonds is 1. The number of hydrogen-bond acceptors (Lipinski definition) is 2. The first kappa shape index (κ1) is 11.9. The van der Waals surface area contributed by atoms with Crippen LogP contribution in [0.5, 0.6) is 0 Å². The summed E-state index contributed by atoms with van der Waals surface area (Å²) in [5.74, 6) is -1.50. The quantitative estimate of drug-likeness (QED) is 0.817. The maximum absolute atomic E-state index is 13.6. The van der Waals surface area contributed by atoms with Crippen LogP contribution in [0.15, 0.2) is 18.2 Å². The van der Waals surface area contributed by atoms with Crippen molar-refractivity contribution >= 4 is 23.4 Å². The average molecular weight is 257 g/mol. The third-order valence-corrected chi connectivity index (χ3v) is 2.80. The van der Waals surface area contributed by atoms with Crippen LogP contribution < -0.4 is 5.32 Å². The Kier molecular flexibility index (Phi) is 3.28. The molecular formula is C11H10ClFN2O2. The van der Waals surface area contributed by atoms with Gasteiger partial charge in [0.25, 0.3) is 5.91 Å². The molecule has 1 saturated heterocycles. The van der Waals surface area contributed by atoms with Crippen molar-refractivity contribution < 1.29 is 14.0 Å². The van der Waals surface area contributed by atoms with Gasteiger partial charge in [0.1, 0.15) is 0 Å². The van der Waals surface area contributed by atoms with Crippen LogP contribution in [0.1, 0.15) is 10.4 Å². The number of halogens is 2. The van der Waals surface area contributed by atoms with Gasteiger partial charge in [-0.2, -0.15) is 0 Å². The molecule has 2 rings (SSSR count). The normalized spacial score (nSPS) is 15.6. The molecule has 2 amide bonds. The van der Waals surface area contributed by atoms with Gasteiger partial charge in [-0.1, -0.05) is 17.7 Å². The first-order valence-electron chi connectivity index (χ1n) is 5.09. The monoisotopic (exact) mass is 256 g/mol. The zero-order valence-electron chi connectivity index (χ0n) is 8.87. The van der Waals surface area contributed by atoms with Gasteiger partial charge in [0.05, 0.1) is 17.1 Å². The standard InChI is InChI=1S/C11H10ClFN2O2/c12-8-3-1-2-7(10(8)13)11(17)15-5-4-14-9(16)6-15/h1-3H,4-6H2,(H,14,16). The van der Waals surface area contributed by atoms with Crippen LogP contribution in [0.4, 0.5) is 4.39 Å². The maximum Gasteiger partial charge on any atom is 0.257 e. The highest BCUT2D eigenvalue weighted by Gasteiger charge is 2.24. The van der Waals surface area contributed by atoms with Gasteiger partial charge < -0.3 is 10.2 Å². The minimum atomic E-state index is -0.745. The second-order valence-corrected chi connectivity index (χ2v) is 4.09. The lowest BCUT2D eigenvalue weighted by molar-refractivity contribution is -0.123. The smallest absolute Gasteiger partial charge is 0.257 e. The van der Waals surface area contributed by atoms with Crippen LogP contribution in [-0.2, 0) is 4.79 Å². The number of nitrogens with zero attached hydrogens (tertiary/aromatic N) is 1. The van der Waals surface area contributed by atoms with Crippen LogP contribution >= 0.6 is 11.6 Å². The fourth-order valence-corrected chi connectivity index (χ4v) is 1.83. The van der Waals surface area contributed by atoms with Gasteiger partial charge in [-0.15, -0.1) is 0 Å². The molecule has 0 spiro atoms. The zero-order valence-corrected chi connectivity index (χ0v) is 9.63. The molecule has 6 heteroatoms. The van der Waals surface area contributed by atoms with E-state index in [0.29, 0.717) is 13.1 Å². The molecule has 0 bridgehead atoms. The summed E-state index contributed by atoms with van der Waals surface area (Å²) >= 11 is 5.60. The van der Waals surface area contributed by atoms with Gasteiger partial charge >= 0.3 is 0 Å². The molecule has 1 N–H and O–H groups in total. The van der Waals surface area contributed by atoms with E-state index in [0.717, 1.165) is 0 Å². The summed E-state index contributed by atoms with van der Waals surface area (Å²) in [4.78, 5) is 24.4. The summed E-state index contributed by atoms with van der Waals surface area (Å²) in [7, 11) is 0. The summed E-state index contributed by atoms with van der Waals surface area (Å²) in [6.45, 7) is 0.702. The van der Waals surface area contributed by atoms with E-state index in [1.165, 1.54) is 23.1 Å². The molecular weight excluding hydrogens is 247 g/mol. The predicted molar refractivity (Wildman–Crippen MR) is 60.3 cm³/mol. The number of benzene rings is 1. The van der Waals surface area contributed by atoms with E-state index in [4.69, 9.17) is 11.6 Å². The van der Waals surface area contributed by atoms with Crippen molar-refractivity contribution in [3.8, 4) is 0 Å². The highest BCUT2D eigenvalue weighted by atomic mass is 35.5. The van der Waals surface area contributed by atoms with Crippen molar-refractivity contribution in [1.82, 2.24) is 10.2 Å². The highest BCUT2D eigenvalue weighted by molar-refractivity contribution is 6.31. The largest absolute Gasteiger partial charge is 0.353 e. The Morgan fingerprint density at radius 3 is 2.94 bits per heavy atom. The number of amides is 2. The molecule has 1 heterocycles. The minimum absolute atomic E-state index is 0.0508. The Morgan fingerprint density at radius 2 is 2.24 bits per heavy atom. The van der Waals surface area contributed by atoms with Crippen molar-refractivity contribution in [3.05, 3.63) is 34.6 Å². The molecule has 4 nitrogen and oxygen atoms in total. The second-order valence-electron chi connectivity index (χ2n) is 3.68. The molecule has 0 radical (unpaired) electrons. The maximum atomic E-state index is 13.6. The topological polar surface area (TPSA) is 49.4 Å². The molecule has 0 saturated carbocycles. The summed E-state index contributed by atoms with van der Waals surface area (Å²) in [5.41, 5.74) is -0.104. The van der Waals surface area contributed by atoms with Crippen LogP contribution in [0.2, 0.25) is 5.02 Å². The van der Waals surface area contributed by atoms with Crippen molar-refractivity contribution in [3.63, 3.8) is 0 Å². The molecule has 1 aromatic carbocycles. The van der Waals surface area contributed by atoms with Crippen molar-refractivity contribution in [1.29, 1.82) is 0 Å². The van der Waals surface area contributed by atoms with Gasteiger partial charge in [-0.25, -0.2) is 4.39 Å². The molecule has 90 valence electrons. The third-order valence-electron chi connectivity index (χ3n) is 2.51. The summed E-state index contributed by atoms with van der Waals surface area (Å²) in [5, 5.41) is 2.49. The molecule has 1 aromatic rings. The van der Waals surface area contributed by atoms with Gasteiger partial charge in [0.2, 0.25) is 5.91 Å². The van der Waals surface area contributed by atoms with Gasteiger partial charge in [0.15, 0.2) is 5.82 Å². The Balaban J connectivity index is 2.24. The third kappa shape index (κ3) is 2.39. The second kappa shape index (κ2) is 4.71. The molecule has 0 atom stereocenters. The SMILES string of the molecule is O=C1CN(C(=O)c2cccc(Cl)c2F)CCN1.